The fourth-order valence-corrected chi connectivity index (χ4v) is 2.34. The Labute approximate surface area is 115 Å². The van der Waals surface area contributed by atoms with Crippen LogP contribution in [0.3, 0.4) is 0 Å². The van der Waals surface area contributed by atoms with Crippen LogP contribution >= 0.6 is 7.60 Å². The van der Waals surface area contributed by atoms with Gasteiger partial charge in [0.25, 0.3) is 5.69 Å². The number of non-ortho nitro benzene ring substituents is 1. The number of nitrogens with zero attached hydrogens (tertiary/aromatic N) is 1. The molecule has 0 amide bonds. The molecule has 20 heavy (non-hydrogen) atoms. The summed E-state index contributed by atoms with van der Waals surface area (Å²) in [5.74, 6) is -1.28. The summed E-state index contributed by atoms with van der Waals surface area (Å²) < 4.78 is 11.4. The Balaban J connectivity index is 3.34. The molecule has 0 saturated heterocycles. The maximum atomic E-state index is 11.8. The number of nitro benzene ring substituents is 1. The highest BCUT2D eigenvalue weighted by molar-refractivity contribution is 7.58. The van der Waals surface area contributed by atoms with E-state index in [-0.39, 0.29) is 11.3 Å². The lowest BCUT2D eigenvalue weighted by Crippen LogP contribution is -2.10. The average Bonchev–Trinajstić information content (AvgIpc) is 2.34. The summed E-state index contributed by atoms with van der Waals surface area (Å²) in [5.41, 5.74) is -0.0349. The van der Waals surface area contributed by atoms with Crippen molar-refractivity contribution < 1.29 is 24.1 Å². The normalized spacial score (nSPS) is 12.6. The van der Waals surface area contributed by atoms with Crippen LogP contribution in [0, 0.1) is 16.0 Å². The van der Waals surface area contributed by atoms with E-state index in [4.69, 9.17) is 0 Å². The zero-order chi connectivity index (χ0) is 15.5. The molecule has 108 valence electrons. The fraction of sp³-hybridized carbons (Fsp3) is 0.250. The molecule has 0 aliphatic heterocycles. The number of Topliss-reactive ketones (excluding diaryl/α,β-unsaturated/α-hetero) is 1. The number of carbonyl (C=O) groups excluding carboxylic acids is 1. The molecule has 0 bridgehead atoms. The first-order chi connectivity index (χ1) is 9.12. The van der Waals surface area contributed by atoms with Crippen molar-refractivity contribution in [2.75, 3.05) is 0 Å². The molecule has 7 nitrogen and oxygen atoms in total. The van der Waals surface area contributed by atoms with Crippen molar-refractivity contribution in [3.63, 3.8) is 0 Å². The number of rotatable bonds is 5. The number of allylic oxidation sites excluding steroid dienone is 1. The zero-order valence-corrected chi connectivity index (χ0v) is 11.8. The van der Waals surface area contributed by atoms with E-state index in [0.29, 0.717) is 0 Å². The highest BCUT2D eigenvalue weighted by atomic mass is 31.2. The molecule has 0 fully saturated rings. The van der Waals surface area contributed by atoms with Crippen LogP contribution in [0.25, 0.3) is 6.08 Å². The summed E-state index contributed by atoms with van der Waals surface area (Å²) in [7, 11) is -4.75. The first-order valence-corrected chi connectivity index (χ1v) is 7.30. The number of nitro groups is 1. The summed E-state index contributed by atoms with van der Waals surface area (Å²) in [6.45, 7) is 3.03. The smallest absolute Gasteiger partial charge is 0.321 e. The molecule has 8 heteroatoms. The lowest BCUT2D eigenvalue weighted by atomic mass is 10.1. The Kier molecular flexibility index (Phi) is 4.94. The van der Waals surface area contributed by atoms with E-state index in [1.807, 2.05) is 0 Å². The predicted molar refractivity (Wildman–Crippen MR) is 73.0 cm³/mol. The molecule has 0 unspecified atom stereocenters. The van der Waals surface area contributed by atoms with Crippen LogP contribution in [0.15, 0.2) is 29.6 Å². The van der Waals surface area contributed by atoms with Crippen molar-refractivity contribution in [1.29, 1.82) is 0 Å². The summed E-state index contributed by atoms with van der Waals surface area (Å²) in [4.78, 5) is 40.3. The lowest BCUT2D eigenvalue weighted by Gasteiger charge is -2.10. The topological polar surface area (TPSA) is 118 Å². The van der Waals surface area contributed by atoms with Gasteiger partial charge >= 0.3 is 7.60 Å². The molecule has 0 saturated carbocycles. The van der Waals surface area contributed by atoms with Gasteiger partial charge in [0, 0.05) is 18.1 Å². The van der Waals surface area contributed by atoms with E-state index >= 15 is 0 Å². The minimum Gasteiger partial charge on any atom is -0.321 e. The lowest BCUT2D eigenvalue weighted by molar-refractivity contribution is -0.384. The maximum absolute atomic E-state index is 11.8. The second kappa shape index (κ2) is 6.09. The highest BCUT2D eigenvalue weighted by Crippen LogP contribution is 2.47. The molecule has 0 spiro atoms. The van der Waals surface area contributed by atoms with Gasteiger partial charge in [-0.05, 0) is 11.6 Å². The molecule has 0 aliphatic carbocycles. The average molecular weight is 299 g/mol. The predicted octanol–water partition coefficient (Wildman–Crippen LogP) is 2.34. The SMILES string of the molecule is CC(C)C(=O)C(=Cc1cccc([N+](=O)[O-])c1)P(=O)(O)O. The Bertz CT molecular complexity index is 616. The second-order valence-corrected chi connectivity index (χ2v) is 6.01. The molecular formula is C12H14NO6P. The van der Waals surface area contributed by atoms with Crippen LogP contribution in [0.4, 0.5) is 5.69 Å². The van der Waals surface area contributed by atoms with E-state index in [9.17, 15) is 29.3 Å². The van der Waals surface area contributed by atoms with Gasteiger partial charge < -0.3 is 9.79 Å². The van der Waals surface area contributed by atoms with Crippen molar-refractivity contribution in [2.45, 2.75) is 13.8 Å². The number of benzene rings is 1. The monoisotopic (exact) mass is 299 g/mol. The third-order valence-electron chi connectivity index (χ3n) is 2.48. The van der Waals surface area contributed by atoms with Gasteiger partial charge in [0.1, 0.15) is 5.31 Å². The molecule has 0 atom stereocenters. The van der Waals surface area contributed by atoms with E-state index < -0.39 is 29.5 Å². The van der Waals surface area contributed by atoms with Gasteiger partial charge in [0.15, 0.2) is 5.78 Å². The van der Waals surface area contributed by atoms with Crippen LogP contribution < -0.4 is 0 Å². The van der Waals surface area contributed by atoms with Crippen molar-refractivity contribution in [3.05, 3.63) is 45.3 Å². The van der Waals surface area contributed by atoms with Crippen molar-refractivity contribution >= 4 is 25.1 Å². The third kappa shape index (κ3) is 4.09. The molecule has 0 heterocycles. The number of hydrogen-bond acceptors (Lipinski definition) is 4. The molecule has 1 aromatic rings. The van der Waals surface area contributed by atoms with Gasteiger partial charge in [-0.25, -0.2) is 0 Å². The summed E-state index contributed by atoms with van der Waals surface area (Å²) in [5, 5.41) is 10.00. The summed E-state index contributed by atoms with van der Waals surface area (Å²) >= 11 is 0. The molecule has 1 aromatic carbocycles. The van der Waals surface area contributed by atoms with E-state index in [0.717, 1.165) is 12.1 Å². The Morgan fingerprint density at radius 2 is 2.00 bits per heavy atom. The first-order valence-electron chi connectivity index (χ1n) is 5.69. The molecule has 0 aromatic heterocycles. The molecule has 0 radical (unpaired) electrons. The van der Waals surface area contributed by atoms with Crippen LogP contribution in [0.1, 0.15) is 19.4 Å². The van der Waals surface area contributed by atoms with Crippen molar-refractivity contribution in [1.82, 2.24) is 0 Å². The number of hydrogen-bond donors (Lipinski definition) is 2. The Morgan fingerprint density at radius 1 is 1.40 bits per heavy atom. The van der Waals surface area contributed by atoms with Gasteiger partial charge in [-0.3, -0.25) is 19.5 Å². The van der Waals surface area contributed by atoms with Gasteiger partial charge in [0.2, 0.25) is 0 Å². The first kappa shape index (κ1) is 16.2. The van der Waals surface area contributed by atoms with Gasteiger partial charge in [0.05, 0.1) is 4.92 Å². The number of ketones is 1. The van der Waals surface area contributed by atoms with E-state index in [2.05, 4.69) is 0 Å². The number of carbonyl (C=O) groups is 1. The Morgan fingerprint density at radius 3 is 2.45 bits per heavy atom. The van der Waals surface area contributed by atoms with Gasteiger partial charge in [-0.1, -0.05) is 26.0 Å². The standard InChI is InChI=1S/C12H14NO6P/c1-8(2)12(14)11(20(17,18)19)7-9-4-3-5-10(6-9)13(15)16/h3-8H,1-2H3,(H2,17,18,19). The van der Waals surface area contributed by atoms with Gasteiger partial charge in [-0.2, -0.15) is 0 Å². The van der Waals surface area contributed by atoms with Crippen molar-refractivity contribution in [2.24, 2.45) is 5.92 Å². The van der Waals surface area contributed by atoms with E-state index in [1.54, 1.807) is 0 Å². The van der Waals surface area contributed by atoms with E-state index in [1.165, 1.54) is 32.0 Å². The van der Waals surface area contributed by atoms with Crippen LogP contribution in [0.2, 0.25) is 0 Å². The van der Waals surface area contributed by atoms with Crippen LogP contribution in [-0.2, 0) is 9.36 Å². The summed E-state index contributed by atoms with van der Waals surface area (Å²) in [6.07, 6.45) is 0.996. The Hall–Kier alpha value is -1.82. The fourth-order valence-electron chi connectivity index (χ4n) is 1.48. The molecular weight excluding hydrogens is 285 g/mol. The molecule has 1 rings (SSSR count). The van der Waals surface area contributed by atoms with Crippen molar-refractivity contribution in [3.8, 4) is 0 Å². The molecule has 2 N–H and O–H groups in total. The highest BCUT2D eigenvalue weighted by Gasteiger charge is 2.29. The summed E-state index contributed by atoms with van der Waals surface area (Å²) in [6, 6.07) is 5.19. The zero-order valence-electron chi connectivity index (χ0n) is 10.9. The van der Waals surface area contributed by atoms with Crippen LogP contribution in [0.5, 0.6) is 0 Å². The minimum atomic E-state index is -4.75. The maximum Gasteiger partial charge on any atom is 0.359 e. The van der Waals surface area contributed by atoms with Crippen LogP contribution in [-0.4, -0.2) is 20.5 Å². The largest absolute Gasteiger partial charge is 0.359 e. The van der Waals surface area contributed by atoms with Gasteiger partial charge in [-0.15, -0.1) is 0 Å². The third-order valence-corrected chi connectivity index (χ3v) is 3.45. The quantitative estimate of drug-likeness (QED) is 0.373. The minimum absolute atomic E-state index is 0.187. The molecule has 0 aliphatic rings. The second-order valence-electron chi connectivity index (χ2n) is 4.44.